The zero-order valence-electron chi connectivity index (χ0n) is 10.3. The lowest BCUT2D eigenvalue weighted by molar-refractivity contribution is 0.0926. The molecular formula is C14H10FN3O2. The summed E-state index contributed by atoms with van der Waals surface area (Å²) in [5, 5.41) is 0. The maximum Gasteiger partial charge on any atom is 0.266 e. The number of benzene rings is 2. The van der Waals surface area contributed by atoms with Crippen LogP contribution in [-0.2, 0) is 0 Å². The van der Waals surface area contributed by atoms with E-state index in [0.29, 0.717) is 5.69 Å². The smallest absolute Gasteiger partial charge is 0.266 e. The Hall–Kier alpha value is -2.89. The number of nitrogens with two attached hydrogens (primary N) is 2. The Kier molecular flexibility index (Phi) is 2.47. The summed E-state index contributed by atoms with van der Waals surface area (Å²) in [5.74, 6) is -1.67. The van der Waals surface area contributed by atoms with Crippen molar-refractivity contribution in [3.63, 3.8) is 0 Å². The maximum atomic E-state index is 13.4. The summed E-state index contributed by atoms with van der Waals surface area (Å²) in [6.45, 7) is 0. The SMILES string of the molecule is Nc1cc(F)cc(N2C(=O)c3ccc(N)cc3C2=O)c1. The lowest BCUT2D eigenvalue weighted by Crippen LogP contribution is -2.29. The lowest BCUT2D eigenvalue weighted by Gasteiger charge is -2.14. The molecule has 20 heavy (non-hydrogen) atoms. The van der Waals surface area contributed by atoms with Crippen molar-refractivity contribution in [3.8, 4) is 0 Å². The van der Waals surface area contributed by atoms with Crippen molar-refractivity contribution in [2.45, 2.75) is 0 Å². The molecule has 0 saturated carbocycles. The molecule has 3 rings (SSSR count). The van der Waals surface area contributed by atoms with Gasteiger partial charge in [-0.25, -0.2) is 9.29 Å². The van der Waals surface area contributed by atoms with Crippen LogP contribution in [0.5, 0.6) is 0 Å². The van der Waals surface area contributed by atoms with Crippen LogP contribution in [0.1, 0.15) is 20.7 Å². The molecule has 5 nitrogen and oxygen atoms in total. The van der Waals surface area contributed by atoms with E-state index >= 15 is 0 Å². The third-order valence-electron chi connectivity index (χ3n) is 3.07. The average Bonchev–Trinajstić information content (AvgIpc) is 2.60. The number of halogens is 1. The molecule has 0 spiro atoms. The second-order valence-corrected chi connectivity index (χ2v) is 4.49. The highest BCUT2D eigenvalue weighted by molar-refractivity contribution is 6.34. The quantitative estimate of drug-likeness (QED) is 0.611. The number of carbonyl (C=O) groups is 2. The first-order chi connectivity index (χ1) is 9.47. The van der Waals surface area contributed by atoms with Gasteiger partial charge in [0.2, 0.25) is 0 Å². The highest BCUT2D eigenvalue weighted by Gasteiger charge is 2.36. The van der Waals surface area contributed by atoms with Gasteiger partial charge in [-0.1, -0.05) is 0 Å². The summed E-state index contributed by atoms with van der Waals surface area (Å²) < 4.78 is 13.4. The largest absolute Gasteiger partial charge is 0.399 e. The molecule has 0 atom stereocenters. The molecule has 0 fully saturated rings. The molecule has 4 N–H and O–H groups in total. The van der Waals surface area contributed by atoms with Crippen LogP contribution in [-0.4, -0.2) is 11.8 Å². The van der Waals surface area contributed by atoms with Gasteiger partial charge in [-0.2, -0.15) is 0 Å². The molecule has 6 heteroatoms. The van der Waals surface area contributed by atoms with Crippen molar-refractivity contribution in [1.29, 1.82) is 0 Å². The van der Waals surface area contributed by atoms with Gasteiger partial charge >= 0.3 is 0 Å². The van der Waals surface area contributed by atoms with Crippen LogP contribution in [0.4, 0.5) is 21.5 Å². The van der Waals surface area contributed by atoms with Gasteiger partial charge in [0.1, 0.15) is 5.82 Å². The third kappa shape index (κ3) is 1.70. The summed E-state index contributed by atoms with van der Waals surface area (Å²) in [4.78, 5) is 25.4. The number of fused-ring (bicyclic) bond motifs is 1. The van der Waals surface area contributed by atoms with Crippen LogP contribution in [0.25, 0.3) is 0 Å². The van der Waals surface area contributed by atoms with Gasteiger partial charge < -0.3 is 11.5 Å². The first kappa shape index (κ1) is 12.2. The van der Waals surface area contributed by atoms with Crippen LogP contribution >= 0.6 is 0 Å². The zero-order valence-corrected chi connectivity index (χ0v) is 10.3. The Labute approximate surface area is 113 Å². The highest BCUT2D eigenvalue weighted by Crippen LogP contribution is 2.31. The van der Waals surface area contributed by atoms with Crippen molar-refractivity contribution in [2.75, 3.05) is 16.4 Å². The van der Waals surface area contributed by atoms with E-state index in [2.05, 4.69) is 0 Å². The molecule has 0 bridgehead atoms. The van der Waals surface area contributed by atoms with Crippen LogP contribution in [0.15, 0.2) is 36.4 Å². The number of rotatable bonds is 1. The van der Waals surface area contributed by atoms with Crippen LogP contribution in [0, 0.1) is 5.82 Å². The molecule has 0 saturated heterocycles. The van der Waals surface area contributed by atoms with E-state index in [0.717, 1.165) is 17.0 Å². The van der Waals surface area contributed by atoms with E-state index in [-0.39, 0.29) is 22.5 Å². The number of hydrogen-bond acceptors (Lipinski definition) is 4. The normalized spacial score (nSPS) is 13.8. The van der Waals surface area contributed by atoms with E-state index < -0.39 is 17.6 Å². The monoisotopic (exact) mass is 271 g/mol. The highest BCUT2D eigenvalue weighted by atomic mass is 19.1. The predicted octanol–water partition coefficient (Wildman–Crippen LogP) is 1.79. The van der Waals surface area contributed by atoms with Crippen molar-refractivity contribution in [1.82, 2.24) is 0 Å². The first-order valence-corrected chi connectivity index (χ1v) is 5.82. The summed E-state index contributed by atoms with van der Waals surface area (Å²) >= 11 is 0. The predicted molar refractivity (Wildman–Crippen MR) is 72.8 cm³/mol. The Morgan fingerprint density at radius 3 is 2.25 bits per heavy atom. The van der Waals surface area contributed by atoms with Crippen LogP contribution < -0.4 is 16.4 Å². The third-order valence-corrected chi connectivity index (χ3v) is 3.07. The number of hydrogen-bond donors (Lipinski definition) is 2. The van der Waals surface area contributed by atoms with E-state index in [1.54, 1.807) is 0 Å². The number of nitrogens with zero attached hydrogens (tertiary/aromatic N) is 1. The van der Waals surface area contributed by atoms with Crippen molar-refractivity contribution in [3.05, 3.63) is 53.3 Å². The zero-order chi connectivity index (χ0) is 14.4. The number of amides is 2. The molecule has 100 valence electrons. The van der Waals surface area contributed by atoms with Gasteiger partial charge in [0, 0.05) is 11.4 Å². The van der Waals surface area contributed by atoms with Gasteiger partial charge in [0.25, 0.3) is 11.8 Å². The molecule has 1 heterocycles. The van der Waals surface area contributed by atoms with Gasteiger partial charge in [0.15, 0.2) is 0 Å². The molecule has 0 radical (unpaired) electrons. The molecule has 2 aromatic carbocycles. The summed E-state index contributed by atoms with van der Waals surface area (Å²) in [5.41, 5.74) is 12.2. The maximum absolute atomic E-state index is 13.4. The molecule has 0 aromatic heterocycles. The summed E-state index contributed by atoms with van der Waals surface area (Å²) in [6.07, 6.45) is 0. The lowest BCUT2D eigenvalue weighted by atomic mass is 10.1. The van der Waals surface area contributed by atoms with E-state index in [9.17, 15) is 14.0 Å². The molecular weight excluding hydrogens is 261 g/mol. The van der Waals surface area contributed by atoms with Crippen molar-refractivity contribution >= 4 is 28.9 Å². The molecule has 1 aliphatic heterocycles. The number of nitrogen functional groups attached to an aromatic ring is 2. The first-order valence-electron chi connectivity index (χ1n) is 5.82. The summed E-state index contributed by atoms with van der Waals surface area (Å²) in [6, 6.07) is 8.01. The molecule has 0 aliphatic carbocycles. The van der Waals surface area contributed by atoms with Gasteiger partial charge in [-0.3, -0.25) is 9.59 Å². The second-order valence-electron chi connectivity index (χ2n) is 4.49. The van der Waals surface area contributed by atoms with Crippen molar-refractivity contribution in [2.24, 2.45) is 0 Å². The standard InChI is InChI=1S/C14H10FN3O2/c15-7-3-9(17)5-10(4-7)18-13(19)11-2-1-8(16)6-12(11)14(18)20/h1-6H,16-17H2. The fraction of sp³-hybridized carbons (Fsp3) is 0. The fourth-order valence-electron chi connectivity index (χ4n) is 2.22. The minimum Gasteiger partial charge on any atom is -0.399 e. The number of anilines is 3. The van der Waals surface area contributed by atoms with Gasteiger partial charge in [-0.15, -0.1) is 0 Å². The van der Waals surface area contributed by atoms with E-state index in [4.69, 9.17) is 11.5 Å². The van der Waals surface area contributed by atoms with E-state index in [1.165, 1.54) is 24.3 Å². The number of carbonyl (C=O) groups excluding carboxylic acids is 2. The molecule has 2 amide bonds. The Bertz CT molecular complexity index is 738. The number of imide groups is 1. The molecule has 0 unspecified atom stereocenters. The average molecular weight is 271 g/mol. The van der Waals surface area contributed by atoms with E-state index in [1.807, 2.05) is 0 Å². The Balaban J connectivity index is 2.14. The Morgan fingerprint density at radius 1 is 0.850 bits per heavy atom. The fourth-order valence-corrected chi connectivity index (χ4v) is 2.22. The van der Waals surface area contributed by atoms with Crippen LogP contribution in [0.3, 0.4) is 0 Å². The topological polar surface area (TPSA) is 89.4 Å². The van der Waals surface area contributed by atoms with Gasteiger partial charge in [-0.05, 0) is 36.4 Å². The summed E-state index contributed by atoms with van der Waals surface area (Å²) in [7, 11) is 0. The molecule has 1 aliphatic rings. The van der Waals surface area contributed by atoms with Crippen molar-refractivity contribution < 1.29 is 14.0 Å². The van der Waals surface area contributed by atoms with Gasteiger partial charge in [0.05, 0.1) is 16.8 Å². The minimum absolute atomic E-state index is 0.104. The second kappa shape index (κ2) is 4.06. The minimum atomic E-state index is -0.615. The molecule has 2 aromatic rings. The van der Waals surface area contributed by atoms with Crippen LogP contribution in [0.2, 0.25) is 0 Å². The Morgan fingerprint density at radius 2 is 1.55 bits per heavy atom.